The monoisotopic (exact) mass is 389 g/mol. The molecule has 0 saturated heterocycles. The van der Waals surface area contributed by atoms with Crippen molar-refractivity contribution in [3.63, 3.8) is 0 Å². The van der Waals surface area contributed by atoms with Gasteiger partial charge < -0.3 is 16.0 Å². The zero-order valence-corrected chi connectivity index (χ0v) is 17.0. The number of hydrogen-bond acceptors (Lipinski definition) is 4. The Morgan fingerprint density at radius 2 is 1.89 bits per heavy atom. The van der Waals surface area contributed by atoms with Gasteiger partial charge in [-0.2, -0.15) is 0 Å². The summed E-state index contributed by atoms with van der Waals surface area (Å²) in [6.07, 6.45) is 8.19. The summed E-state index contributed by atoms with van der Waals surface area (Å²) in [5.41, 5.74) is 6.44. The van der Waals surface area contributed by atoms with Gasteiger partial charge in [0.2, 0.25) is 5.91 Å². The highest BCUT2D eigenvalue weighted by atomic mass is 32.2. The van der Waals surface area contributed by atoms with E-state index in [1.807, 2.05) is 36.2 Å². The third-order valence-electron chi connectivity index (χ3n) is 5.76. The van der Waals surface area contributed by atoms with E-state index in [2.05, 4.69) is 5.32 Å². The van der Waals surface area contributed by atoms with Crippen LogP contribution < -0.4 is 11.1 Å². The molecule has 3 rings (SSSR count). The standard InChI is InChI=1S/C21H31N3O2S/c1-24(16-7-3-2-4-8-16)20(25)14-27-19-10-6-5-9-17(19)21(26)23-18(13-22)15-11-12-15/h5-6,9-10,15-16,18H,2-4,7-8,11-14,22H2,1H3,(H,23,26). The lowest BCUT2D eigenvalue weighted by Gasteiger charge is -2.31. The lowest BCUT2D eigenvalue weighted by molar-refractivity contribution is -0.129. The van der Waals surface area contributed by atoms with E-state index in [9.17, 15) is 9.59 Å². The minimum atomic E-state index is -0.0893. The number of amides is 2. The Hall–Kier alpha value is -1.53. The van der Waals surface area contributed by atoms with Crippen molar-refractivity contribution in [2.45, 2.75) is 61.9 Å². The molecule has 1 unspecified atom stereocenters. The molecule has 1 aromatic rings. The molecule has 0 radical (unpaired) electrons. The number of carbonyl (C=O) groups is 2. The van der Waals surface area contributed by atoms with Crippen molar-refractivity contribution < 1.29 is 9.59 Å². The van der Waals surface area contributed by atoms with Gasteiger partial charge in [0, 0.05) is 30.6 Å². The van der Waals surface area contributed by atoms with Gasteiger partial charge in [0.05, 0.1) is 11.3 Å². The summed E-state index contributed by atoms with van der Waals surface area (Å²) in [6.45, 7) is 0.469. The van der Waals surface area contributed by atoms with E-state index in [1.54, 1.807) is 0 Å². The third kappa shape index (κ3) is 5.48. The van der Waals surface area contributed by atoms with Gasteiger partial charge in [0.15, 0.2) is 0 Å². The molecule has 0 aromatic heterocycles. The fourth-order valence-corrected chi connectivity index (χ4v) is 4.78. The van der Waals surface area contributed by atoms with E-state index in [4.69, 9.17) is 5.73 Å². The molecule has 0 bridgehead atoms. The molecule has 2 fully saturated rings. The maximum absolute atomic E-state index is 12.7. The molecule has 2 amide bonds. The highest BCUT2D eigenvalue weighted by Crippen LogP contribution is 2.32. The van der Waals surface area contributed by atoms with Gasteiger partial charge in [0.25, 0.3) is 5.91 Å². The number of rotatable bonds is 8. The summed E-state index contributed by atoms with van der Waals surface area (Å²) >= 11 is 1.45. The van der Waals surface area contributed by atoms with E-state index in [0.717, 1.165) is 30.6 Å². The summed E-state index contributed by atoms with van der Waals surface area (Å²) < 4.78 is 0. The largest absolute Gasteiger partial charge is 0.348 e. The first kappa shape index (κ1) is 20.2. The van der Waals surface area contributed by atoms with Crippen LogP contribution in [0.3, 0.4) is 0 Å². The van der Waals surface area contributed by atoms with Crippen LogP contribution in [-0.2, 0) is 4.79 Å². The van der Waals surface area contributed by atoms with Crippen molar-refractivity contribution in [1.29, 1.82) is 0 Å². The van der Waals surface area contributed by atoms with Gasteiger partial charge in [-0.05, 0) is 43.7 Å². The van der Waals surface area contributed by atoms with Crippen molar-refractivity contribution >= 4 is 23.6 Å². The van der Waals surface area contributed by atoms with Crippen LogP contribution >= 0.6 is 11.8 Å². The zero-order valence-electron chi connectivity index (χ0n) is 16.2. The fraction of sp³-hybridized carbons (Fsp3) is 0.619. The van der Waals surface area contributed by atoms with Crippen LogP contribution in [0.1, 0.15) is 55.3 Å². The molecular weight excluding hydrogens is 358 g/mol. The Bertz CT molecular complexity index is 657. The maximum Gasteiger partial charge on any atom is 0.252 e. The molecule has 1 aromatic carbocycles. The summed E-state index contributed by atoms with van der Waals surface area (Å²) in [5.74, 6) is 0.929. The van der Waals surface area contributed by atoms with Crippen molar-refractivity contribution in [3.8, 4) is 0 Å². The Morgan fingerprint density at radius 1 is 1.19 bits per heavy atom. The quantitative estimate of drug-likeness (QED) is 0.670. The highest BCUT2D eigenvalue weighted by Gasteiger charge is 2.31. The minimum absolute atomic E-state index is 0.0506. The predicted octanol–water partition coefficient (Wildman–Crippen LogP) is 3.04. The average molecular weight is 390 g/mol. The highest BCUT2D eigenvalue weighted by molar-refractivity contribution is 8.00. The van der Waals surface area contributed by atoms with E-state index in [-0.39, 0.29) is 17.9 Å². The lowest BCUT2D eigenvalue weighted by Crippen LogP contribution is -2.42. The molecule has 27 heavy (non-hydrogen) atoms. The molecule has 3 N–H and O–H groups in total. The van der Waals surface area contributed by atoms with Gasteiger partial charge in [-0.3, -0.25) is 9.59 Å². The number of thioether (sulfide) groups is 1. The van der Waals surface area contributed by atoms with E-state index in [1.165, 1.54) is 31.0 Å². The van der Waals surface area contributed by atoms with E-state index < -0.39 is 0 Å². The molecule has 2 aliphatic carbocycles. The van der Waals surface area contributed by atoms with Gasteiger partial charge in [-0.15, -0.1) is 11.8 Å². The van der Waals surface area contributed by atoms with Gasteiger partial charge in [-0.25, -0.2) is 0 Å². The first-order chi connectivity index (χ1) is 13.1. The van der Waals surface area contributed by atoms with E-state index >= 15 is 0 Å². The van der Waals surface area contributed by atoms with Crippen LogP contribution in [0.15, 0.2) is 29.2 Å². The maximum atomic E-state index is 12.7. The third-order valence-corrected chi connectivity index (χ3v) is 6.82. The van der Waals surface area contributed by atoms with Crippen LogP contribution in [0.25, 0.3) is 0 Å². The predicted molar refractivity (Wildman–Crippen MR) is 110 cm³/mol. The number of carbonyl (C=O) groups excluding carboxylic acids is 2. The van der Waals surface area contributed by atoms with E-state index in [0.29, 0.717) is 29.8 Å². The summed E-state index contributed by atoms with van der Waals surface area (Å²) in [6, 6.07) is 7.94. The first-order valence-corrected chi connectivity index (χ1v) is 11.1. The smallest absolute Gasteiger partial charge is 0.252 e. The Kier molecular flexibility index (Phi) is 7.19. The molecule has 0 aliphatic heterocycles. The fourth-order valence-electron chi connectivity index (χ4n) is 3.81. The molecule has 148 valence electrons. The molecule has 5 nitrogen and oxygen atoms in total. The molecular formula is C21H31N3O2S. The molecule has 6 heteroatoms. The lowest BCUT2D eigenvalue weighted by atomic mass is 9.94. The molecule has 0 spiro atoms. The number of hydrogen-bond donors (Lipinski definition) is 2. The normalized spacial score (nSPS) is 18.7. The van der Waals surface area contributed by atoms with Gasteiger partial charge in [0.1, 0.15) is 0 Å². The van der Waals surface area contributed by atoms with Crippen LogP contribution in [0, 0.1) is 5.92 Å². The van der Waals surface area contributed by atoms with Crippen molar-refractivity contribution in [1.82, 2.24) is 10.2 Å². The second-order valence-electron chi connectivity index (χ2n) is 7.73. The summed E-state index contributed by atoms with van der Waals surface area (Å²) in [7, 11) is 1.92. The minimum Gasteiger partial charge on any atom is -0.348 e. The molecule has 0 heterocycles. The Morgan fingerprint density at radius 3 is 2.56 bits per heavy atom. The Balaban J connectivity index is 1.58. The topological polar surface area (TPSA) is 75.4 Å². The summed E-state index contributed by atoms with van der Waals surface area (Å²) in [5, 5.41) is 3.07. The zero-order chi connectivity index (χ0) is 19.2. The van der Waals surface area contributed by atoms with Crippen LogP contribution in [-0.4, -0.2) is 48.1 Å². The summed E-state index contributed by atoms with van der Waals surface area (Å²) in [4.78, 5) is 28.1. The Labute approximate surface area is 166 Å². The van der Waals surface area contributed by atoms with Crippen LogP contribution in [0.4, 0.5) is 0 Å². The molecule has 1 atom stereocenters. The van der Waals surface area contributed by atoms with Gasteiger partial charge >= 0.3 is 0 Å². The SMILES string of the molecule is CN(C(=O)CSc1ccccc1C(=O)NC(CN)C1CC1)C1CCCCC1. The number of nitrogens with one attached hydrogen (secondary N) is 1. The first-order valence-electron chi connectivity index (χ1n) is 10.1. The average Bonchev–Trinajstić information content (AvgIpc) is 3.55. The van der Waals surface area contributed by atoms with Crippen molar-refractivity contribution in [2.24, 2.45) is 11.7 Å². The second kappa shape index (κ2) is 9.60. The second-order valence-corrected chi connectivity index (χ2v) is 8.75. The van der Waals surface area contributed by atoms with Crippen molar-refractivity contribution in [2.75, 3.05) is 19.3 Å². The van der Waals surface area contributed by atoms with Crippen LogP contribution in [0.2, 0.25) is 0 Å². The van der Waals surface area contributed by atoms with Gasteiger partial charge in [-0.1, -0.05) is 31.4 Å². The van der Waals surface area contributed by atoms with Crippen LogP contribution in [0.5, 0.6) is 0 Å². The number of nitrogens with zero attached hydrogens (tertiary/aromatic N) is 1. The number of benzene rings is 1. The molecule has 2 saturated carbocycles. The number of nitrogens with two attached hydrogens (primary N) is 1. The molecule has 2 aliphatic rings. The van der Waals surface area contributed by atoms with Crippen molar-refractivity contribution in [3.05, 3.63) is 29.8 Å².